The third-order valence-corrected chi connectivity index (χ3v) is 22.7. The van der Waals surface area contributed by atoms with E-state index in [1.807, 2.05) is 0 Å². The highest BCUT2D eigenvalue weighted by molar-refractivity contribution is 6.12. The molecule has 2 aromatic heterocycles. The fourth-order valence-corrected chi connectivity index (χ4v) is 17.5. The topological polar surface area (TPSA) is 16.3 Å². The maximum atomic E-state index is 2.68. The number of anilines is 6. The number of hydrogen-bond acceptors (Lipinski definition) is 2. The van der Waals surface area contributed by atoms with Crippen LogP contribution in [-0.2, 0) is 12.8 Å². The van der Waals surface area contributed by atoms with E-state index in [1.54, 1.807) is 11.1 Å². The summed E-state index contributed by atoms with van der Waals surface area (Å²) in [6, 6.07) is 89.2. The highest BCUT2D eigenvalue weighted by Gasteiger charge is 2.38. The zero-order chi connectivity index (χ0) is 63.5. The maximum absolute atomic E-state index is 2.68. The van der Waals surface area contributed by atoms with Crippen LogP contribution in [0.5, 0.6) is 0 Å². The number of benzene rings is 10. The van der Waals surface area contributed by atoms with Gasteiger partial charge < -0.3 is 18.9 Å². The summed E-state index contributed by atoms with van der Waals surface area (Å²) in [6.45, 7) is 8.97. The van der Waals surface area contributed by atoms with Crippen molar-refractivity contribution in [1.82, 2.24) is 9.13 Å². The highest BCUT2D eigenvalue weighted by Crippen LogP contribution is 2.53. The predicted octanol–water partition coefficient (Wildman–Crippen LogP) is 26.0. The average Bonchev–Trinajstić information content (AvgIpc) is 1.58. The molecular formula is C90H96N4. The number of para-hydroxylation sites is 2. The van der Waals surface area contributed by atoms with Gasteiger partial charge in [0.2, 0.25) is 0 Å². The summed E-state index contributed by atoms with van der Waals surface area (Å²) in [5, 5.41) is 5.41. The smallest absolute Gasteiger partial charge is 0.0542 e. The van der Waals surface area contributed by atoms with Crippen molar-refractivity contribution in [2.24, 2.45) is 23.7 Å². The Hall–Kier alpha value is -8.60. The van der Waals surface area contributed by atoms with Crippen molar-refractivity contribution in [3.63, 3.8) is 0 Å². The molecule has 2 atom stereocenters. The Balaban J connectivity index is 0.761. The molecule has 0 saturated heterocycles. The molecule has 6 aliphatic carbocycles. The minimum atomic E-state index is 0.564. The Morgan fingerprint density at radius 1 is 0.319 bits per heavy atom. The lowest BCUT2D eigenvalue weighted by atomic mass is 9.63. The summed E-state index contributed by atoms with van der Waals surface area (Å²) in [7, 11) is 0. The van der Waals surface area contributed by atoms with E-state index in [0.29, 0.717) is 23.7 Å². The molecule has 0 amide bonds. The van der Waals surface area contributed by atoms with Gasteiger partial charge in [0.05, 0.1) is 22.1 Å². The molecule has 0 N–H and O–H groups in total. The highest BCUT2D eigenvalue weighted by atomic mass is 15.1. The average molecular weight is 1230 g/mol. The first-order valence-corrected chi connectivity index (χ1v) is 36.5. The molecular weight excluding hydrogens is 1140 g/mol. The van der Waals surface area contributed by atoms with Crippen LogP contribution in [0.1, 0.15) is 175 Å². The van der Waals surface area contributed by atoms with Crippen molar-refractivity contribution in [3.8, 4) is 11.4 Å². The van der Waals surface area contributed by atoms with Crippen LogP contribution in [0, 0.1) is 37.5 Å². The number of unbranched alkanes of at least 4 members (excludes halogenated alkanes) is 6. The lowest BCUT2D eigenvalue weighted by molar-refractivity contribution is 0.145. The maximum Gasteiger partial charge on any atom is 0.0542 e. The van der Waals surface area contributed by atoms with Gasteiger partial charge in [-0.2, -0.15) is 0 Å². The van der Waals surface area contributed by atoms with Gasteiger partial charge in [-0.3, -0.25) is 0 Å². The van der Waals surface area contributed by atoms with E-state index in [4.69, 9.17) is 0 Å². The molecule has 0 aliphatic heterocycles. The number of aryl methyl sites for hydroxylation is 4. The fourth-order valence-electron chi connectivity index (χ4n) is 17.5. The van der Waals surface area contributed by atoms with Gasteiger partial charge in [-0.15, -0.1) is 0 Å². The third-order valence-electron chi connectivity index (χ3n) is 22.7. The molecule has 6 fully saturated rings. The molecule has 6 saturated carbocycles. The summed E-state index contributed by atoms with van der Waals surface area (Å²) in [5.74, 6) is 3.98. The zero-order valence-electron chi connectivity index (χ0n) is 56.3. The summed E-state index contributed by atoms with van der Waals surface area (Å²) >= 11 is 0. The molecule has 2 heterocycles. The second kappa shape index (κ2) is 27.8. The molecule has 0 spiro atoms. The molecule has 0 radical (unpaired) electrons. The molecule has 476 valence electrons. The van der Waals surface area contributed by atoms with Crippen molar-refractivity contribution in [2.45, 2.75) is 168 Å². The Kier molecular flexibility index (Phi) is 18.2. The minimum absolute atomic E-state index is 0.564. The van der Waals surface area contributed by atoms with Gasteiger partial charge in [-0.05, 0) is 269 Å². The summed E-state index contributed by atoms with van der Waals surface area (Å²) in [6.07, 6.45) is 25.9. The normalized spacial score (nSPS) is 19.1. The quantitative estimate of drug-likeness (QED) is 0.0707. The first-order valence-electron chi connectivity index (χ1n) is 36.5. The van der Waals surface area contributed by atoms with Crippen LogP contribution in [0.15, 0.2) is 231 Å². The number of fused-ring (bicyclic) bond motifs is 6. The largest absolute Gasteiger partial charge is 0.310 e. The van der Waals surface area contributed by atoms with Gasteiger partial charge in [-0.25, -0.2) is 0 Å². The van der Waals surface area contributed by atoms with E-state index in [-0.39, 0.29) is 0 Å². The van der Waals surface area contributed by atoms with Crippen LogP contribution in [0.4, 0.5) is 34.1 Å². The van der Waals surface area contributed by atoms with Crippen molar-refractivity contribution in [1.29, 1.82) is 0 Å². The fraction of sp³-hybridized carbons (Fsp3) is 0.333. The van der Waals surface area contributed by atoms with Crippen LogP contribution in [0.25, 0.3) is 55.0 Å². The predicted molar refractivity (Wildman–Crippen MR) is 402 cm³/mol. The van der Waals surface area contributed by atoms with Gasteiger partial charge >= 0.3 is 0 Å². The van der Waals surface area contributed by atoms with Crippen LogP contribution < -0.4 is 9.80 Å². The first-order chi connectivity index (χ1) is 46.3. The second-order valence-electron chi connectivity index (χ2n) is 28.8. The SMILES string of the molecule is CCCCCCc1ccc(-n2c3ccc(C4CC5CCC4CCC4CCC(CC5)C(c5ccc6c(c5)c5cc(N(c7ccccc7)c7ccc(C)cc7)ccc5n6-c5ccc(CCCCCC)cc5)C4)cc3c3cc(N(c4ccccc4)c4ccc(C)cc4)ccc32)cc1. The van der Waals surface area contributed by atoms with E-state index in [9.17, 15) is 0 Å². The Morgan fingerprint density at radius 3 is 1.03 bits per heavy atom. The van der Waals surface area contributed by atoms with E-state index >= 15 is 0 Å². The first kappa shape index (κ1) is 61.6. The molecule has 12 aromatic rings. The summed E-state index contributed by atoms with van der Waals surface area (Å²) in [5.41, 5.74) is 23.2. The van der Waals surface area contributed by atoms with Crippen LogP contribution in [-0.4, -0.2) is 9.13 Å². The monoisotopic (exact) mass is 1230 g/mol. The van der Waals surface area contributed by atoms with Gasteiger partial charge in [0, 0.05) is 67.0 Å². The summed E-state index contributed by atoms with van der Waals surface area (Å²) in [4.78, 5) is 4.89. The van der Waals surface area contributed by atoms with E-state index in [1.165, 1.54) is 227 Å². The minimum Gasteiger partial charge on any atom is -0.310 e. The molecule has 4 nitrogen and oxygen atoms in total. The summed E-state index contributed by atoms with van der Waals surface area (Å²) < 4.78 is 5.12. The van der Waals surface area contributed by atoms with E-state index in [2.05, 4.69) is 277 Å². The number of nitrogens with zero attached hydrogens (tertiary/aromatic N) is 4. The van der Waals surface area contributed by atoms with Crippen molar-refractivity contribution in [3.05, 3.63) is 264 Å². The van der Waals surface area contributed by atoms with Crippen molar-refractivity contribution in [2.75, 3.05) is 9.80 Å². The molecule has 10 aromatic carbocycles. The molecule has 4 bridgehead atoms. The third kappa shape index (κ3) is 12.7. The Bertz CT molecular complexity index is 4220. The number of rotatable bonds is 20. The van der Waals surface area contributed by atoms with Crippen LogP contribution >= 0.6 is 0 Å². The molecule has 94 heavy (non-hydrogen) atoms. The van der Waals surface area contributed by atoms with Crippen molar-refractivity contribution < 1.29 is 0 Å². The number of aromatic nitrogens is 2. The molecule has 6 aliphatic rings. The van der Waals surface area contributed by atoms with E-state index < -0.39 is 0 Å². The standard InChI is InChI=1S/C90H96N4/c1-5-7-9-13-19-65-33-47-77(48-34-65)93-87-53-41-71(59-83(87)85-61-79(51-55-89(85)93)91(73-21-15-11-16-22-73)75-43-25-63(3)26-44-75)81-57-67-29-37-69(81)39-31-68-30-38-70(40-32-67)82(58-68)72-42-54-88-84(60-72)86-62-80(92(74-23-17-12-18-24-74)76-45-27-64(4)28-46-76)52-56-90(86)94(88)78-49-35-66(36-50-78)20-14-10-8-6-2/h11-12,15-18,21-28,33-36,41-56,59-62,67-70,81-82H,5-10,13-14,19-20,29-32,37-40,57-58H2,1-4H3. The lowest BCUT2D eigenvalue weighted by Crippen LogP contribution is -2.29. The lowest BCUT2D eigenvalue weighted by Gasteiger charge is -2.42. The van der Waals surface area contributed by atoms with Gasteiger partial charge in [0.1, 0.15) is 0 Å². The van der Waals surface area contributed by atoms with Gasteiger partial charge in [0.15, 0.2) is 0 Å². The van der Waals surface area contributed by atoms with E-state index in [0.717, 1.165) is 24.7 Å². The zero-order valence-corrected chi connectivity index (χ0v) is 56.3. The van der Waals surface area contributed by atoms with Crippen LogP contribution in [0.3, 0.4) is 0 Å². The van der Waals surface area contributed by atoms with Gasteiger partial charge in [-0.1, -0.05) is 186 Å². The second-order valence-corrected chi connectivity index (χ2v) is 28.8. The van der Waals surface area contributed by atoms with Crippen LogP contribution in [0.2, 0.25) is 0 Å². The number of hydrogen-bond donors (Lipinski definition) is 0. The Morgan fingerprint density at radius 2 is 0.660 bits per heavy atom. The molecule has 2 unspecified atom stereocenters. The molecule has 18 rings (SSSR count). The Labute approximate surface area is 560 Å². The van der Waals surface area contributed by atoms with Crippen molar-refractivity contribution >= 4 is 77.7 Å². The van der Waals surface area contributed by atoms with Gasteiger partial charge in [0.25, 0.3) is 0 Å². The molecule has 4 heteroatoms.